The number of nitrogens with zero attached hydrogens (tertiary/aromatic N) is 2. The summed E-state index contributed by atoms with van der Waals surface area (Å²) < 4.78 is 16.0. The van der Waals surface area contributed by atoms with Crippen molar-refractivity contribution < 1.29 is 19.0 Å². The van der Waals surface area contributed by atoms with E-state index < -0.39 is 5.60 Å². The quantitative estimate of drug-likeness (QED) is 0.483. The monoisotopic (exact) mass is 408 g/mol. The number of aliphatic imine (C=N–C) groups is 1. The van der Waals surface area contributed by atoms with Crippen LogP contribution < -0.4 is 20.1 Å². The summed E-state index contributed by atoms with van der Waals surface area (Å²) in [6.07, 6.45) is 0.434. The maximum atomic E-state index is 12.0. The zero-order chi connectivity index (χ0) is 21.9. The molecule has 164 valence electrons. The summed E-state index contributed by atoms with van der Waals surface area (Å²) in [7, 11) is 4.97. The molecule has 0 atom stereocenters. The van der Waals surface area contributed by atoms with Gasteiger partial charge in [0.25, 0.3) is 0 Å². The van der Waals surface area contributed by atoms with Crippen LogP contribution >= 0.6 is 0 Å². The first-order valence-corrected chi connectivity index (χ1v) is 9.87. The molecule has 0 aliphatic carbocycles. The molecule has 0 saturated carbocycles. The predicted molar refractivity (Wildman–Crippen MR) is 116 cm³/mol. The van der Waals surface area contributed by atoms with Crippen LogP contribution in [0.4, 0.5) is 4.79 Å². The van der Waals surface area contributed by atoms with Gasteiger partial charge in [-0.3, -0.25) is 4.99 Å². The molecule has 0 aliphatic heterocycles. The number of methoxy groups -OCH3 is 2. The van der Waals surface area contributed by atoms with Gasteiger partial charge in [-0.25, -0.2) is 4.79 Å². The lowest BCUT2D eigenvalue weighted by molar-refractivity contribution is 0.0302. The van der Waals surface area contributed by atoms with Crippen LogP contribution in [0.5, 0.6) is 11.5 Å². The molecule has 2 N–H and O–H groups in total. The van der Waals surface area contributed by atoms with Crippen LogP contribution in [0.1, 0.15) is 33.3 Å². The van der Waals surface area contributed by atoms with Gasteiger partial charge >= 0.3 is 6.09 Å². The first-order valence-electron chi connectivity index (χ1n) is 9.87. The van der Waals surface area contributed by atoms with E-state index in [-0.39, 0.29) is 6.09 Å². The minimum absolute atomic E-state index is 0.338. The molecule has 0 fully saturated rings. The number of carbonyl (C=O) groups excluding carboxylic acids is 1. The molecule has 0 spiro atoms. The van der Waals surface area contributed by atoms with Crippen LogP contribution in [0.25, 0.3) is 0 Å². The van der Waals surface area contributed by atoms with E-state index in [1.807, 2.05) is 45.9 Å². The Kier molecular flexibility index (Phi) is 10.1. The maximum Gasteiger partial charge on any atom is 0.410 e. The van der Waals surface area contributed by atoms with E-state index in [1.54, 1.807) is 26.2 Å². The molecule has 8 heteroatoms. The Morgan fingerprint density at radius 2 is 1.83 bits per heavy atom. The Bertz CT molecular complexity index is 671. The van der Waals surface area contributed by atoms with Gasteiger partial charge in [-0.05, 0) is 51.8 Å². The molecule has 0 bridgehead atoms. The second-order valence-electron chi connectivity index (χ2n) is 7.53. The standard InChI is InChI=1S/C21H36N4O4/c1-8-22-19(24-13-14-25(5)20(26)29-21(2,3)4)23-12-11-16-9-10-17(27-6)18(15-16)28-7/h9-10,15H,8,11-14H2,1-7H3,(H2,22,23,24). The van der Waals surface area contributed by atoms with Crippen molar-refractivity contribution in [2.24, 2.45) is 4.99 Å². The van der Waals surface area contributed by atoms with Crippen molar-refractivity contribution in [3.63, 3.8) is 0 Å². The number of amides is 1. The number of carbonyl (C=O) groups is 1. The Labute approximate surface area is 174 Å². The van der Waals surface area contributed by atoms with Crippen molar-refractivity contribution in [2.75, 3.05) is 47.4 Å². The first-order chi connectivity index (χ1) is 13.7. The van der Waals surface area contributed by atoms with Crippen molar-refractivity contribution in [1.29, 1.82) is 0 Å². The molecule has 1 aromatic carbocycles. The third-order valence-electron chi connectivity index (χ3n) is 3.91. The fraction of sp³-hybridized carbons (Fsp3) is 0.619. The third-order valence-corrected chi connectivity index (χ3v) is 3.91. The van der Waals surface area contributed by atoms with Crippen LogP contribution in [0.3, 0.4) is 0 Å². The van der Waals surface area contributed by atoms with Crippen molar-refractivity contribution in [1.82, 2.24) is 15.5 Å². The average Bonchev–Trinajstić information content (AvgIpc) is 2.66. The highest BCUT2D eigenvalue weighted by Gasteiger charge is 2.19. The van der Waals surface area contributed by atoms with Gasteiger partial charge < -0.3 is 29.7 Å². The lowest BCUT2D eigenvalue weighted by atomic mass is 10.1. The minimum Gasteiger partial charge on any atom is -0.493 e. The van der Waals surface area contributed by atoms with Gasteiger partial charge in [-0.2, -0.15) is 0 Å². The molecule has 1 aromatic rings. The van der Waals surface area contributed by atoms with Crippen LogP contribution in [0.15, 0.2) is 23.2 Å². The highest BCUT2D eigenvalue weighted by atomic mass is 16.6. The second-order valence-corrected chi connectivity index (χ2v) is 7.53. The van der Waals surface area contributed by atoms with Crippen LogP contribution in [0.2, 0.25) is 0 Å². The van der Waals surface area contributed by atoms with Gasteiger partial charge in [0.1, 0.15) is 5.60 Å². The molecule has 0 radical (unpaired) electrons. The molecule has 1 amide bonds. The predicted octanol–water partition coefficient (Wildman–Crippen LogP) is 2.67. The fourth-order valence-electron chi connectivity index (χ4n) is 2.45. The molecule has 0 aliphatic rings. The summed E-state index contributed by atoms with van der Waals surface area (Å²) in [6.45, 7) is 10.0. The number of nitrogens with one attached hydrogen (secondary N) is 2. The van der Waals surface area contributed by atoms with E-state index >= 15 is 0 Å². The minimum atomic E-state index is -0.501. The molecule has 8 nitrogen and oxygen atoms in total. The summed E-state index contributed by atoms with van der Waals surface area (Å²) in [5.41, 5.74) is 0.617. The van der Waals surface area contributed by atoms with Gasteiger partial charge in [0.2, 0.25) is 0 Å². The number of hydrogen-bond acceptors (Lipinski definition) is 5. The molecule has 29 heavy (non-hydrogen) atoms. The molecule has 0 aromatic heterocycles. The van der Waals surface area contributed by atoms with E-state index in [9.17, 15) is 4.79 Å². The Morgan fingerprint density at radius 3 is 2.41 bits per heavy atom. The maximum absolute atomic E-state index is 12.0. The average molecular weight is 409 g/mol. The van der Waals surface area contributed by atoms with Crippen LogP contribution in [0, 0.1) is 0 Å². The Morgan fingerprint density at radius 1 is 1.14 bits per heavy atom. The van der Waals surface area contributed by atoms with Gasteiger partial charge in [0.15, 0.2) is 17.5 Å². The fourth-order valence-corrected chi connectivity index (χ4v) is 2.45. The van der Waals surface area contributed by atoms with Gasteiger partial charge in [-0.15, -0.1) is 0 Å². The first kappa shape index (κ1) is 24.4. The molecule has 0 unspecified atom stereocenters. The normalized spacial score (nSPS) is 11.6. The lowest BCUT2D eigenvalue weighted by Gasteiger charge is -2.24. The van der Waals surface area contributed by atoms with Crippen LogP contribution in [-0.4, -0.2) is 70.0 Å². The van der Waals surface area contributed by atoms with E-state index in [0.29, 0.717) is 37.1 Å². The largest absolute Gasteiger partial charge is 0.493 e. The van der Waals surface area contributed by atoms with Crippen molar-refractivity contribution in [3.05, 3.63) is 23.8 Å². The summed E-state index contributed by atoms with van der Waals surface area (Å²) in [5.74, 6) is 2.14. The molecule has 1 rings (SSSR count). The van der Waals surface area contributed by atoms with Gasteiger partial charge in [0, 0.05) is 33.2 Å². The van der Waals surface area contributed by atoms with Crippen molar-refractivity contribution in [3.8, 4) is 11.5 Å². The topological polar surface area (TPSA) is 84.4 Å². The van der Waals surface area contributed by atoms with E-state index in [2.05, 4.69) is 15.6 Å². The Hall–Kier alpha value is -2.64. The van der Waals surface area contributed by atoms with Gasteiger partial charge in [0.05, 0.1) is 14.2 Å². The highest BCUT2D eigenvalue weighted by Crippen LogP contribution is 2.27. The summed E-state index contributed by atoms with van der Waals surface area (Å²) in [6, 6.07) is 5.87. The zero-order valence-corrected chi connectivity index (χ0v) is 18.8. The van der Waals surface area contributed by atoms with Crippen molar-refractivity contribution >= 4 is 12.1 Å². The Balaban J connectivity index is 2.53. The SMILES string of the molecule is CCNC(=NCCc1ccc(OC)c(OC)c1)NCCN(C)C(=O)OC(C)(C)C. The summed E-state index contributed by atoms with van der Waals surface area (Å²) in [4.78, 5) is 18.1. The summed E-state index contributed by atoms with van der Waals surface area (Å²) in [5, 5.41) is 6.45. The molecular weight excluding hydrogens is 372 g/mol. The molecule has 0 heterocycles. The zero-order valence-electron chi connectivity index (χ0n) is 18.8. The number of likely N-dealkylation sites (N-methyl/N-ethyl adjacent to an activating group) is 1. The number of rotatable bonds is 9. The van der Waals surface area contributed by atoms with Crippen molar-refractivity contribution in [2.45, 2.75) is 39.7 Å². The number of ether oxygens (including phenoxy) is 3. The second kappa shape index (κ2) is 12.0. The number of guanidine groups is 1. The van der Waals surface area contributed by atoms with Crippen LogP contribution in [-0.2, 0) is 11.2 Å². The smallest absolute Gasteiger partial charge is 0.410 e. The molecule has 0 saturated heterocycles. The van der Waals surface area contributed by atoms with E-state index in [0.717, 1.165) is 18.5 Å². The number of benzene rings is 1. The van der Waals surface area contributed by atoms with Gasteiger partial charge in [-0.1, -0.05) is 6.07 Å². The third kappa shape index (κ3) is 9.40. The summed E-state index contributed by atoms with van der Waals surface area (Å²) >= 11 is 0. The number of hydrogen-bond donors (Lipinski definition) is 2. The highest BCUT2D eigenvalue weighted by molar-refractivity contribution is 5.79. The molecular formula is C21H36N4O4. The van der Waals surface area contributed by atoms with E-state index in [4.69, 9.17) is 14.2 Å². The van der Waals surface area contributed by atoms with E-state index in [1.165, 1.54) is 0 Å². The lowest BCUT2D eigenvalue weighted by Crippen LogP contribution is -2.43.